The first-order chi connectivity index (χ1) is 9.81. The Kier molecular flexibility index (Phi) is 4.22. The summed E-state index contributed by atoms with van der Waals surface area (Å²) in [4.78, 5) is 0. The quantitative estimate of drug-likeness (QED) is 0.909. The molecular formula is C15H20ClNO3. The fourth-order valence-electron chi connectivity index (χ4n) is 2.90. The molecule has 0 saturated carbocycles. The lowest BCUT2D eigenvalue weighted by molar-refractivity contribution is 0.292. The predicted molar refractivity (Wildman–Crippen MR) is 78.2 cm³/mol. The molecule has 2 heterocycles. The molecule has 1 unspecified atom stereocenters. The van der Waals surface area contributed by atoms with E-state index in [1.165, 1.54) is 12.8 Å². The maximum Gasteiger partial charge on any atom is 0.169 e. The molecule has 1 N–H and O–H groups in total. The highest BCUT2D eigenvalue weighted by molar-refractivity contribution is 6.32. The summed E-state index contributed by atoms with van der Waals surface area (Å²) in [5.41, 5.74) is 1.01. The molecule has 3 rings (SSSR count). The van der Waals surface area contributed by atoms with Crippen molar-refractivity contribution < 1.29 is 14.2 Å². The lowest BCUT2D eigenvalue weighted by Crippen LogP contribution is -2.27. The molecule has 1 aromatic rings. The summed E-state index contributed by atoms with van der Waals surface area (Å²) in [5, 5.41) is 4.12. The SMILES string of the molecule is COc1c(Cl)cc2c(c1C1CCCCN1)OCCCO2. The van der Waals surface area contributed by atoms with Crippen LogP contribution in [0.2, 0.25) is 5.02 Å². The fourth-order valence-corrected chi connectivity index (χ4v) is 3.18. The molecule has 0 bridgehead atoms. The van der Waals surface area contributed by atoms with Crippen LogP contribution in [0, 0.1) is 0 Å². The molecule has 1 saturated heterocycles. The lowest BCUT2D eigenvalue weighted by Gasteiger charge is -2.28. The molecule has 0 amide bonds. The highest BCUT2D eigenvalue weighted by atomic mass is 35.5. The van der Waals surface area contributed by atoms with E-state index in [9.17, 15) is 0 Å². The summed E-state index contributed by atoms with van der Waals surface area (Å²) in [7, 11) is 1.65. The van der Waals surface area contributed by atoms with Crippen molar-refractivity contribution in [2.24, 2.45) is 0 Å². The minimum Gasteiger partial charge on any atom is -0.495 e. The summed E-state index contributed by atoms with van der Waals surface area (Å²) >= 11 is 6.35. The Morgan fingerprint density at radius 1 is 1.25 bits per heavy atom. The van der Waals surface area contributed by atoms with Crippen LogP contribution in [-0.4, -0.2) is 26.9 Å². The molecule has 5 heteroatoms. The second-order valence-corrected chi connectivity index (χ2v) is 5.59. The zero-order valence-corrected chi connectivity index (χ0v) is 12.5. The number of benzene rings is 1. The number of halogens is 1. The molecular weight excluding hydrogens is 278 g/mol. The first-order valence-electron chi connectivity index (χ1n) is 7.20. The van der Waals surface area contributed by atoms with Crippen LogP contribution in [0.3, 0.4) is 0 Å². The van der Waals surface area contributed by atoms with Crippen LogP contribution in [0.4, 0.5) is 0 Å². The van der Waals surface area contributed by atoms with E-state index in [0.29, 0.717) is 24.0 Å². The van der Waals surface area contributed by atoms with Gasteiger partial charge in [-0.1, -0.05) is 18.0 Å². The second kappa shape index (κ2) is 6.10. The van der Waals surface area contributed by atoms with E-state index in [1.54, 1.807) is 13.2 Å². The zero-order valence-electron chi connectivity index (χ0n) is 11.7. The fraction of sp³-hybridized carbons (Fsp3) is 0.600. The van der Waals surface area contributed by atoms with Gasteiger partial charge in [-0.05, 0) is 19.4 Å². The number of ether oxygens (including phenoxy) is 3. The van der Waals surface area contributed by atoms with E-state index in [1.807, 2.05) is 0 Å². The lowest BCUT2D eigenvalue weighted by atomic mass is 9.95. The van der Waals surface area contributed by atoms with Crippen LogP contribution >= 0.6 is 11.6 Å². The average molecular weight is 298 g/mol. The first-order valence-corrected chi connectivity index (χ1v) is 7.58. The average Bonchev–Trinajstić information content (AvgIpc) is 2.71. The van der Waals surface area contributed by atoms with Gasteiger partial charge >= 0.3 is 0 Å². The Bertz CT molecular complexity index is 486. The predicted octanol–water partition coefficient (Wildman–Crippen LogP) is 3.32. The van der Waals surface area contributed by atoms with Crippen LogP contribution < -0.4 is 19.5 Å². The monoisotopic (exact) mass is 297 g/mol. The summed E-state index contributed by atoms with van der Waals surface area (Å²) in [5.74, 6) is 2.23. The van der Waals surface area contributed by atoms with Crippen LogP contribution in [0.1, 0.15) is 37.3 Å². The molecule has 110 valence electrons. The summed E-state index contributed by atoms with van der Waals surface area (Å²) in [6.07, 6.45) is 4.35. The van der Waals surface area contributed by atoms with Crippen LogP contribution in [-0.2, 0) is 0 Å². The third-order valence-electron chi connectivity index (χ3n) is 3.84. The molecule has 1 atom stereocenters. The molecule has 4 nitrogen and oxygen atoms in total. The van der Waals surface area contributed by atoms with Crippen molar-refractivity contribution in [3.05, 3.63) is 16.7 Å². The third-order valence-corrected chi connectivity index (χ3v) is 4.12. The van der Waals surface area contributed by atoms with Gasteiger partial charge in [-0.2, -0.15) is 0 Å². The second-order valence-electron chi connectivity index (χ2n) is 5.19. The van der Waals surface area contributed by atoms with Crippen LogP contribution in [0.15, 0.2) is 6.07 Å². The van der Waals surface area contributed by atoms with Crippen molar-refractivity contribution in [1.29, 1.82) is 0 Å². The Morgan fingerprint density at radius 2 is 2.10 bits per heavy atom. The number of rotatable bonds is 2. The zero-order chi connectivity index (χ0) is 13.9. The van der Waals surface area contributed by atoms with Crippen molar-refractivity contribution >= 4 is 11.6 Å². The number of hydrogen-bond donors (Lipinski definition) is 1. The molecule has 1 fully saturated rings. The molecule has 1 aromatic carbocycles. The highest BCUT2D eigenvalue weighted by Gasteiger charge is 2.29. The van der Waals surface area contributed by atoms with E-state index in [-0.39, 0.29) is 6.04 Å². The molecule has 2 aliphatic heterocycles. The molecule has 20 heavy (non-hydrogen) atoms. The minimum atomic E-state index is 0.216. The van der Waals surface area contributed by atoms with Crippen molar-refractivity contribution in [3.8, 4) is 17.2 Å². The van der Waals surface area contributed by atoms with E-state index in [4.69, 9.17) is 25.8 Å². The smallest absolute Gasteiger partial charge is 0.169 e. The van der Waals surface area contributed by atoms with Crippen molar-refractivity contribution in [2.75, 3.05) is 26.9 Å². The Morgan fingerprint density at radius 3 is 2.85 bits per heavy atom. The van der Waals surface area contributed by atoms with E-state index >= 15 is 0 Å². The number of methoxy groups -OCH3 is 1. The maximum atomic E-state index is 6.35. The van der Waals surface area contributed by atoms with Crippen molar-refractivity contribution in [3.63, 3.8) is 0 Å². The first kappa shape index (κ1) is 13.8. The van der Waals surface area contributed by atoms with Gasteiger partial charge in [0.25, 0.3) is 0 Å². The molecule has 0 aliphatic carbocycles. The largest absolute Gasteiger partial charge is 0.495 e. The number of hydrogen-bond acceptors (Lipinski definition) is 4. The van der Waals surface area contributed by atoms with Gasteiger partial charge in [-0.3, -0.25) is 0 Å². The topological polar surface area (TPSA) is 39.7 Å². The number of fused-ring (bicyclic) bond motifs is 1. The van der Waals surface area contributed by atoms with Gasteiger partial charge in [0.2, 0.25) is 0 Å². The van der Waals surface area contributed by atoms with Gasteiger partial charge in [-0.15, -0.1) is 0 Å². The summed E-state index contributed by atoms with van der Waals surface area (Å²) in [6.45, 7) is 2.33. The van der Waals surface area contributed by atoms with E-state index in [2.05, 4.69) is 5.32 Å². The Labute approximate surface area is 124 Å². The Hall–Kier alpha value is -1.13. The van der Waals surface area contributed by atoms with E-state index < -0.39 is 0 Å². The van der Waals surface area contributed by atoms with Crippen LogP contribution in [0.25, 0.3) is 0 Å². The normalized spacial score (nSPS) is 22.2. The number of nitrogens with one attached hydrogen (secondary N) is 1. The number of piperidine rings is 1. The molecule has 2 aliphatic rings. The summed E-state index contributed by atoms with van der Waals surface area (Å²) < 4.78 is 17.2. The maximum absolute atomic E-state index is 6.35. The van der Waals surface area contributed by atoms with E-state index in [0.717, 1.165) is 36.4 Å². The van der Waals surface area contributed by atoms with Gasteiger partial charge in [-0.25, -0.2) is 0 Å². The van der Waals surface area contributed by atoms with Gasteiger partial charge < -0.3 is 19.5 Å². The van der Waals surface area contributed by atoms with Crippen molar-refractivity contribution in [2.45, 2.75) is 31.7 Å². The molecule has 0 aromatic heterocycles. The van der Waals surface area contributed by atoms with Crippen LogP contribution in [0.5, 0.6) is 17.2 Å². The van der Waals surface area contributed by atoms with Crippen molar-refractivity contribution in [1.82, 2.24) is 5.32 Å². The molecule has 0 radical (unpaired) electrons. The van der Waals surface area contributed by atoms with Gasteiger partial charge in [0.05, 0.1) is 30.9 Å². The highest BCUT2D eigenvalue weighted by Crippen LogP contribution is 2.48. The van der Waals surface area contributed by atoms with Gasteiger partial charge in [0.1, 0.15) is 5.75 Å². The third kappa shape index (κ3) is 2.54. The Balaban J connectivity index is 2.09. The van der Waals surface area contributed by atoms with Gasteiger partial charge in [0, 0.05) is 18.5 Å². The minimum absolute atomic E-state index is 0.216. The summed E-state index contributed by atoms with van der Waals surface area (Å²) in [6, 6.07) is 2.01. The van der Waals surface area contributed by atoms with Gasteiger partial charge in [0.15, 0.2) is 11.5 Å². The molecule has 0 spiro atoms. The standard InChI is InChI=1S/C15H20ClNO3/c1-18-14-10(16)9-12-15(20-8-4-7-19-12)13(14)11-5-2-3-6-17-11/h9,11,17H,2-8H2,1H3.